The van der Waals surface area contributed by atoms with Gasteiger partial charge in [0.2, 0.25) is 5.91 Å². The molecular formula is C19H21N3O2. The van der Waals surface area contributed by atoms with Crippen molar-refractivity contribution in [2.75, 3.05) is 29.6 Å². The molecule has 5 heteroatoms. The van der Waals surface area contributed by atoms with Crippen LogP contribution in [0.4, 0.5) is 17.1 Å². The standard InChI is InChI=1S/C19H21N3O2/c1-22(2)17-11-9-16(10-12-17)21-19(24)14-5-7-15(8-6-14)20-18(23)13-3-4-13/h5-13H,3-4H2,1-2H3,(H,20,23)(H,21,24). The van der Waals surface area contributed by atoms with Gasteiger partial charge in [-0.3, -0.25) is 9.59 Å². The fraction of sp³-hybridized carbons (Fsp3) is 0.263. The van der Waals surface area contributed by atoms with Gasteiger partial charge < -0.3 is 15.5 Å². The maximum atomic E-state index is 12.3. The summed E-state index contributed by atoms with van der Waals surface area (Å²) >= 11 is 0. The van der Waals surface area contributed by atoms with Crippen LogP contribution < -0.4 is 15.5 Å². The van der Waals surface area contributed by atoms with Crippen molar-refractivity contribution in [1.82, 2.24) is 0 Å². The van der Waals surface area contributed by atoms with Crippen LogP contribution in [0.3, 0.4) is 0 Å². The lowest BCUT2D eigenvalue weighted by Gasteiger charge is -2.13. The molecule has 124 valence electrons. The summed E-state index contributed by atoms with van der Waals surface area (Å²) in [6.07, 6.45) is 1.94. The number of rotatable bonds is 5. The summed E-state index contributed by atoms with van der Waals surface area (Å²) < 4.78 is 0. The maximum Gasteiger partial charge on any atom is 0.255 e. The molecule has 0 saturated heterocycles. The highest BCUT2D eigenvalue weighted by Crippen LogP contribution is 2.30. The molecule has 1 aliphatic carbocycles. The van der Waals surface area contributed by atoms with Crippen molar-refractivity contribution < 1.29 is 9.59 Å². The molecule has 2 aromatic rings. The van der Waals surface area contributed by atoms with E-state index in [1.165, 1.54) is 0 Å². The van der Waals surface area contributed by atoms with Crippen LogP contribution in [0, 0.1) is 5.92 Å². The Morgan fingerprint density at radius 1 is 0.875 bits per heavy atom. The molecule has 0 radical (unpaired) electrons. The van der Waals surface area contributed by atoms with E-state index in [0.717, 1.165) is 29.9 Å². The highest BCUT2D eigenvalue weighted by Gasteiger charge is 2.29. The van der Waals surface area contributed by atoms with Gasteiger partial charge >= 0.3 is 0 Å². The first-order valence-electron chi connectivity index (χ1n) is 8.02. The van der Waals surface area contributed by atoms with Crippen LogP contribution in [0.15, 0.2) is 48.5 Å². The smallest absolute Gasteiger partial charge is 0.255 e. The number of hydrogen-bond acceptors (Lipinski definition) is 3. The molecule has 0 aliphatic heterocycles. The molecule has 2 N–H and O–H groups in total. The number of nitrogens with zero attached hydrogens (tertiary/aromatic N) is 1. The Morgan fingerprint density at radius 2 is 1.42 bits per heavy atom. The Hall–Kier alpha value is -2.82. The van der Waals surface area contributed by atoms with Gasteiger partial charge in [0.25, 0.3) is 5.91 Å². The molecule has 1 fully saturated rings. The second-order valence-electron chi connectivity index (χ2n) is 6.24. The number of hydrogen-bond donors (Lipinski definition) is 2. The van der Waals surface area contributed by atoms with E-state index in [2.05, 4.69) is 10.6 Å². The lowest BCUT2D eigenvalue weighted by atomic mass is 10.2. The van der Waals surface area contributed by atoms with Crippen molar-refractivity contribution in [2.45, 2.75) is 12.8 Å². The second kappa shape index (κ2) is 6.74. The van der Waals surface area contributed by atoms with E-state index in [1.54, 1.807) is 24.3 Å². The van der Waals surface area contributed by atoms with E-state index in [4.69, 9.17) is 0 Å². The zero-order valence-electron chi connectivity index (χ0n) is 13.9. The molecule has 3 rings (SSSR count). The second-order valence-corrected chi connectivity index (χ2v) is 6.24. The molecule has 0 atom stereocenters. The molecule has 0 spiro atoms. The van der Waals surface area contributed by atoms with E-state index >= 15 is 0 Å². The molecule has 24 heavy (non-hydrogen) atoms. The summed E-state index contributed by atoms with van der Waals surface area (Å²) in [5.74, 6) is 0.0546. The number of amides is 2. The summed E-state index contributed by atoms with van der Waals surface area (Å²) in [5, 5.41) is 5.73. The predicted molar refractivity (Wildman–Crippen MR) is 96.5 cm³/mol. The number of nitrogens with one attached hydrogen (secondary N) is 2. The Labute approximate surface area is 141 Å². The van der Waals surface area contributed by atoms with Crippen molar-refractivity contribution in [3.8, 4) is 0 Å². The minimum absolute atomic E-state index is 0.0631. The van der Waals surface area contributed by atoms with E-state index < -0.39 is 0 Å². The average Bonchev–Trinajstić information content (AvgIpc) is 3.41. The van der Waals surface area contributed by atoms with Crippen LogP contribution in [0.1, 0.15) is 23.2 Å². The van der Waals surface area contributed by atoms with Crippen molar-refractivity contribution in [3.05, 3.63) is 54.1 Å². The molecule has 0 unspecified atom stereocenters. The normalized spacial score (nSPS) is 13.2. The van der Waals surface area contributed by atoms with E-state index in [9.17, 15) is 9.59 Å². The first-order valence-corrected chi connectivity index (χ1v) is 8.02. The third kappa shape index (κ3) is 3.93. The van der Waals surface area contributed by atoms with Gasteiger partial charge in [-0.15, -0.1) is 0 Å². The Morgan fingerprint density at radius 3 is 1.96 bits per heavy atom. The quantitative estimate of drug-likeness (QED) is 0.887. The average molecular weight is 323 g/mol. The lowest BCUT2D eigenvalue weighted by Crippen LogP contribution is -2.14. The Kier molecular flexibility index (Phi) is 4.51. The van der Waals surface area contributed by atoms with Gasteiger partial charge in [-0.1, -0.05) is 0 Å². The van der Waals surface area contributed by atoms with Crippen molar-refractivity contribution in [2.24, 2.45) is 5.92 Å². The van der Waals surface area contributed by atoms with Crippen molar-refractivity contribution >= 4 is 28.9 Å². The summed E-state index contributed by atoms with van der Waals surface area (Å²) in [4.78, 5) is 26.0. The number of benzene rings is 2. The highest BCUT2D eigenvalue weighted by molar-refractivity contribution is 6.04. The summed E-state index contributed by atoms with van der Waals surface area (Å²) in [6.45, 7) is 0. The number of carbonyl (C=O) groups is 2. The van der Waals surface area contributed by atoms with Crippen LogP contribution in [0.2, 0.25) is 0 Å². The van der Waals surface area contributed by atoms with Crippen LogP contribution in [-0.4, -0.2) is 25.9 Å². The zero-order chi connectivity index (χ0) is 17.1. The molecule has 1 aliphatic rings. The molecule has 2 aromatic carbocycles. The largest absolute Gasteiger partial charge is 0.378 e. The molecule has 2 amide bonds. The third-order valence-corrected chi connectivity index (χ3v) is 4.00. The number of carbonyl (C=O) groups excluding carboxylic acids is 2. The molecule has 0 aromatic heterocycles. The fourth-order valence-corrected chi connectivity index (χ4v) is 2.34. The van der Waals surface area contributed by atoms with Gasteiger partial charge in [-0.25, -0.2) is 0 Å². The molecular weight excluding hydrogens is 302 g/mol. The lowest BCUT2D eigenvalue weighted by molar-refractivity contribution is -0.117. The van der Waals surface area contributed by atoms with Gasteiger partial charge in [-0.2, -0.15) is 0 Å². The minimum Gasteiger partial charge on any atom is -0.378 e. The van der Waals surface area contributed by atoms with Gasteiger partial charge in [-0.05, 0) is 61.4 Å². The Balaban J connectivity index is 1.60. The first-order chi connectivity index (χ1) is 11.5. The van der Waals surface area contributed by atoms with Crippen molar-refractivity contribution in [1.29, 1.82) is 0 Å². The van der Waals surface area contributed by atoms with E-state index in [0.29, 0.717) is 5.56 Å². The van der Waals surface area contributed by atoms with Crippen molar-refractivity contribution in [3.63, 3.8) is 0 Å². The molecule has 0 heterocycles. The topological polar surface area (TPSA) is 61.4 Å². The summed E-state index contributed by atoms with van der Waals surface area (Å²) in [6, 6.07) is 14.6. The van der Waals surface area contributed by atoms with E-state index in [-0.39, 0.29) is 17.7 Å². The monoisotopic (exact) mass is 323 g/mol. The summed E-state index contributed by atoms with van der Waals surface area (Å²) in [5.41, 5.74) is 3.09. The van der Waals surface area contributed by atoms with E-state index in [1.807, 2.05) is 43.3 Å². The van der Waals surface area contributed by atoms with Crippen LogP contribution in [0.5, 0.6) is 0 Å². The van der Waals surface area contributed by atoms with Crippen LogP contribution >= 0.6 is 0 Å². The van der Waals surface area contributed by atoms with Gasteiger partial charge in [0.1, 0.15) is 0 Å². The summed E-state index contributed by atoms with van der Waals surface area (Å²) in [7, 11) is 3.94. The first kappa shape index (κ1) is 16.1. The van der Waals surface area contributed by atoms with Crippen LogP contribution in [0.25, 0.3) is 0 Å². The molecule has 5 nitrogen and oxygen atoms in total. The molecule has 1 saturated carbocycles. The highest BCUT2D eigenvalue weighted by atomic mass is 16.2. The number of anilines is 3. The van der Waals surface area contributed by atoms with Gasteiger partial charge in [0.15, 0.2) is 0 Å². The predicted octanol–water partition coefficient (Wildman–Crippen LogP) is 3.35. The molecule has 0 bridgehead atoms. The Bertz CT molecular complexity index is 732. The van der Waals surface area contributed by atoms with Gasteiger partial charge in [0, 0.05) is 42.6 Å². The van der Waals surface area contributed by atoms with Crippen LogP contribution in [-0.2, 0) is 4.79 Å². The zero-order valence-corrected chi connectivity index (χ0v) is 13.9. The van der Waals surface area contributed by atoms with Gasteiger partial charge in [0.05, 0.1) is 0 Å². The fourth-order valence-electron chi connectivity index (χ4n) is 2.34. The SMILES string of the molecule is CN(C)c1ccc(NC(=O)c2ccc(NC(=O)C3CC3)cc2)cc1. The third-order valence-electron chi connectivity index (χ3n) is 4.00. The maximum absolute atomic E-state index is 12.3. The minimum atomic E-state index is -0.173.